The van der Waals surface area contributed by atoms with Crippen LogP contribution >= 0.6 is 15.9 Å². The van der Waals surface area contributed by atoms with E-state index in [1.165, 1.54) is 12.8 Å². The first-order chi connectivity index (χ1) is 7.27. The predicted octanol–water partition coefficient (Wildman–Crippen LogP) is 2.59. The molecule has 1 aromatic carbocycles. The molecule has 80 valence electrons. The molecule has 0 saturated heterocycles. The summed E-state index contributed by atoms with van der Waals surface area (Å²) in [5, 5.41) is 2.93. The smallest absolute Gasteiger partial charge is 0.251 e. The third kappa shape index (κ3) is 3.06. The van der Waals surface area contributed by atoms with Crippen LogP contribution in [-0.4, -0.2) is 17.3 Å². The molecule has 0 spiro atoms. The van der Waals surface area contributed by atoms with E-state index in [-0.39, 0.29) is 5.91 Å². The van der Waals surface area contributed by atoms with Crippen LogP contribution in [0.4, 0.5) is 0 Å². The summed E-state index contributed by atoms with van der Waals surface area (Å²) in [7, 11) is 0. The summed E-state index contributed by atoms with van der Waals surface area (Å²) in [5.41, 5.74) is 0.730. The largest absolute Gasteiger partial charge is 0.351 e. The van der Waals surface area contributed by atoms with Crippen molar-refractivity contribution in [3.8, 4) is 0 Å². The van der Waals surface area contributed by atoms with Gasteiger partial charge < -0.3 is 5.32 Å². The minimum absolute atomic E-state index is 0.0145. The number of alkyl halides is 1. The van der Waals surface area contributed by atoms with Crippen LogP contribution in [0.1, 0.15) is 23.2 Å². The summed E-state index contributed by atoms with van der Waals surface area (Å²) in [6.45, 7) is 0.721. The lowest BCUT2D eigenvalue weighted by Gasteiger charge is -2.09. The average Bonchev–Trinajstić information content (AvgIpc) is 3.10. The maximum Gasteiger partial charge on any atom is 0.251 e. The maximum atomic E-state index is 11.7. The number of carbonyl (C=O) groups excluding carboxylic acids is 1. The number of halogens is 1. The van der Waals surface area contributed by atoms with Crippen LogP contribution in [0.2, 0.25) is 0 Å². The Labute approximate surface area is 98.2 Å². The zero-order valence-electron chi connectivity index (χ0n) is 8.45. The van der Waals surface area contributed by atoms with E-state index >= 15 is 0 Å². The first-order valence-corrected chi connectivity index (χ1v) is 6.16. The van der Waals surface area contributed by atoms with Crippen LogP contribution in [0.3, 0.4) is 0 Å². The van der Waals surface area contributed by atoms with Gasteiger partial charge in [0.25, 0.3) is 5.91 Å². The molecule has 1 fully saturated rings. The Bertz CT molecular complexity index is 335. The number of amides is 1. The van der Waals surface area contributed by atoms with Crippen molar-refractivity contribution < 1.29 is 4.79 Å². The summed E-state index contributed by atoms with van der Waals surface area (Å²) >= 11 is 3.59. The normalized spacial score (nSPS) is 17.1. The van der Waals surface area contributed by atoms with Crippen LogP contribution in [0.25, 0.3) is 0 Å². The van der Waals surface area contributed by atoms with Gasteiger partial charge in [0.2, 0.25) is 0 Å². The number of carbonyl (C=O) groups is 1. The minimum atomic E-state index is 0.0145. The van der Waals surface area contributed by atoms with Gasteiger partial charge >= 0.3 is 0 Å². The van der Waals surface area contributed by atoms with Crippen LogP contribution in [-0.2, 0) is 0 Å². The van der Waals surface area contributed by atoms with Crippen molar-refractivity contribution in [3.05, 3.63) is 35.9 Å². The van der Waals surface area contributed by atoms with Gasteiger partial charge in [-0.3, -0.25) is 4.79 Å². The van der Waals surface area contributed by atoms with Gasteiger partial charge in [0.05, 0.1) is 0 Å². The van der Waals surface area contributed by atoms with E-state index < -0.39 is 0 Å². The molecule has 0 aliphatic heterocycles. The highest BCUT2D eigenvalue weighted by atomic mass is 79.9. The van der Waals surface area contributed by atoms with Crippen LogP contribution in [0.15, 0.2) is 30.3 Å². The SMILES string of the molecule is O=C(NCC(Br)C1CC1)c1ccccc1. The molecule has 0 aromatic heterocycles. The number of benzene rings is 1. The summed E-state index contributed by atoms with van der Waals surface area (Å²) in [5.74, 6) is 0.779. The van der Waals surface area contributed by atoms with Crippen LogP contribution in [0.5, 0.6) is 0 Å². The first-order valence-electron chi connectivity index (χ1n) is 5.24. The topological polar surface area (TPSA) is 29.1 Å². The molecule has 3 heteroatoms. The zero-order valence-corrected chi connectivity index (χ0v) is 10.0. The number of hydrogen-bond acceptors (Lipinski definition) is 1. The fraction of sp³-hybridized carbons (Fsp3) is 0.417. The fourth-order valence-corrected chi connectivity index (χ4v) is 2.20. The number of hydrogen-bond donors (Lipinski definition) is 1. The molecule has 0 bridgehead atoms. The third-order valence-corrected chi connectivity index (χ3v) is 3.70. The summed E-state index contributed by atoms with van der Waals surface area (Å²) < 4.78 is 0. The van der Waals surface area contributed by atoms with Crippen LogP contribution in [0, 0.1) is 5.92 Å². The van der Waals surface area contributed by atoms with Gasteiger partial charge in [-0.2, -0.15) is 0 Å². The van der Waals surface area contributed by atoms with Crippen molar-refractivity contribution in [3.63, 3.8) is 0 Å². The van der Waals surface area contributed by atoms with Gasteiger partial charge in [-0.15, -0.1) is 0 Å². The standard InChI is InChI=1S/C12H14BrNO/c13-11(9-6-7-9)8-14-12(15)10-4-2-1-3-5-10/h1-5,9,11H,6-8H2,(H,14,15). The lowest BCUT2D eigenvalue weighted by molar-refractivity contribution is 0.0953. The fourth-order valence-electron chi connectivity index (χ4n) is 1.51. The molecule has 1 aliphatic rings. The molecule has 1 saturated carbocycles. The van der Waals surface area contributed by atoms with E-state index in [1.54, 1.807) is 0 Å². The Morgan fingerprint density at radius 1 is 1.40 bits per heavy atom. The monoisotopic (exact) mass is 267 g/mol. The van der Waals surface area contributed by atoms with Gasteiger partial charge in [0, 0.05) is 16.9 Å². The van der Waals surface area contributed by atoms with E-state index in [2.05, 4.69) is 21.2 Å². The van der Waals surface area contributed by atoms with E-state index in [4.69, 9.17) is 0 Å². The quantitative estimate of drug-likeness (QED) is 0.835. The lowest BCUT2D eigenvalue weighted by atomic mass is 10.2. The predicted molar refractivity (Wildman–Crippen MR) is 64.2 cm³/mol. The van der Waals surface area contributed by atoms with Crippen molar-refractivity contribution in [2.75, 3.05) is 6.54 Å². The van der Waals surface area contributed by atoms with Crippen molar-refractivity contribution in [1.29, 1.82) is 0 Å². The second-order valence-corrected chi connectivity index (χ2v) is 5.11. The molecule has 1 aromatic rings. The highest BCUT2D eigenvalue weighted by molar-refractivity contribution is 9.09. The molecule has 1 amide bonds. The molecule has 2 rings (SSSR count). The summed E-state index contributed by atoms with van der Waals surface area (Å²) in [6, 6.07) is 9.32. The molecule has 0 heterocycles. The molecule has 1 atom stereocenters. The van der Waals surface area contributed by atoms with Crippen molar-refractivity contribution >= 4 is 21.8 Å². The molecule has 2 nitrogen and oxygen atoms in total. The minimum Gasteiger partial charge on any atom is -0.351 e. The van der Waals surface area contributed by atoms with Gasteiger partial charge in [0.1, 0.15) is 0 Å². The number of rotatable bonds is 4. The second kappa shape index (κ2) is 4.79. The van der Waals surface area contributed by atoms with Crippen molar-refractivity contribution in [2.24, 2.45) is 5.92 Å². The van der Waals surface area contributed by atoms with E-state index in [1.807, 2.05) is 30.3 Å². The van der Waals surface area contributed by atoms with Gasteiger partial charge in [0.15, 0.2) is 0 Å². The molecular weight excluding hydrogens is 254 g/mol. The van der Waals surface area contributed by atoms with E-state index in [0.29, 0.717) is 4.83 Å². The lowest BCUT2D eigenvalue weighted by Crippen LogP contribution is -2.30. The number of nitrogens with one attached hydrogen (secondary N) is 1. The zero-order chi connectivity index (χ0) is 10.7. The Hall–Kier alpha value is -0.830. The van der Waals surface area contributed by atoms with Gasteiger partial charge in [-0.05, 0) is 30.9 Å². The Morgan fingerprint density at radius 3 is 2.67 bits per heavy atom. The average molecular weight is 268 g/mol. The van der Waals surface area contributed by atoms with Crippen LogP contribution < -0.4 is 5.32 Å². The first kappa shape index (κ1) is 10.7. The summed E-state index contributed by atoms with van der Waals surface area (Å²) in [4.78, 5) is 12.1. The Morgan fingerprint density at radius 2 is 2.07 bits per heavy atom. The summed E-state index contributed by atoms with van der Waals surface area (Å²) in [6.07, 6.45) is 2.58. The Balaban J connectivity index is 1.82. The molecule has 15 heavy (non-hydrogen) atoms. The van der Waals surface area contributed by atoms with Gasteiger partial charge in [-0.25, -0.2) is 0 Å². The third-order valence-electron chi connectivity index (χ3n) is 2.63. The van der Waals surface area contributed by atoms with E-state index in [0.717, 1.165) is 18.0 Å². The van der Waals surface area contributed by atoms with Crippen molar-refractivity contribution in [1.82, 2.24) is 5.32 Å². The van der Waals surface area contributed by atoms with Crippen molar-refractivity contribution in [2.45, 2.75) is 17.7 Å². The molecule has 1 unspecified atom stereocenters. The maximum absolute atomic E-state index is 11.7. The highest BCUT2D eigenvalue weighted by Crippen LogP contribution is 2.36. The van der Waals surface area contributed by atoms with Gasteiger partial charge in [-0.1, -0.05) is 34.1 Å². The molecule has 1 N–H and O–H groups in total. The molecular formula is C12H14BrNO. The highest BCUT2D eigenvalue weighted by Gasteiger charge is 2.29. The Kier molecular flexibility index (Phi) is 3.41. The van der Waals surface area contributed by atoms with E-state index in [9.17, 15) is 4.79 Å². The molecule has 1 aliphatic carbocycles. The second-order valence-electron chi connectivity index (χ2n) is 3.93. The molecule has 0 radical (unpaired) electrons.